The van der Waals surface area contributed by atoms with Crippen LogP contribution < -0.4 is 5.73 Å². The molecule has 18 heavy (non-hydrogen) atoms. The standard InChI is InChI=1S/C10H14BrFN2O2S2/c1-14(3-4-17-2)18(15,16)10-6-9(13)7(11)5-8(10)12/h5-6H,3-4,13H2,1-2H3. The first kappa shape index (κ1) is 15.7. The number of hydrogen-bond acceptors (Lipinski definition) is 4. The Bertz CT molecular complexity index is 537. The fourth-order valence-electron chi connectivity index (χ4n) is 1.25. The third kappa shape index (κ3) is 3.37. The minimum atomic E-state index is -3.84. The Morgan fingerprint density at radius 2 is 2.11 bits per heavy atom. The first-order valence-corrected chi connectivity index (χ1v) is 8.63. The van der Waals surface area contributed by atoms with E-state index in [9.17, 15) is 12.8 Å². The van der Waals surface area contributed by atoms with E-state index in [1.54, 1.807) is 0 Å². The smallest absolute Gasteiger partial charge is 0.245 e. The van der Waals surface area contributed by atoms with Crippen LogP contribution in [0.3, 0.4) is 0 Å². The molecule has 0 radical (unpaired) electrons. The van der Waals surface area contributed by atoms with Gasteiger partial charge in [0.15, 0.2) is 0 Å². The van der Waals surface area contributed by atoms with Crippen molar-refractivity contribution in [2.45, 2.75) is 4.90 Å². The van der Waals surface area contributed by atoms with Crippen LogP contribution in [0.2, 0.25) is 0 Å². The fourth-order valence-corrected chi connectivity index (χ4v) is 3.39. The van der Waals surface area contributed by atoms with Crippen molar-refractivity contribution in [3.63, 3.8) is 0 Å². The topological polar surface area (TPSA) is 63.4 Å². The molecule has 0 unspecified atom stereocenters. The Kier molecular flexibility index (Phi) is 5.45. The van der Waals surface area contributed by atoms with Crippen molar-refractivity contribution >= 4 is 43.4 Å². The number of rotatable bonds is 5. The van der Waals surface area contributed by atoms with Gasteiger partial charge in [0.05, 0.1) is 0 Å². The maximum absolute atomic E-state index is 13.7. The average molecular weight is 357 g/mol. The van der Waals surface area contributed by atoms with E-state index in [2.05, 4.69) is 15.9 Å². The quantitative estimate of drug-likeness (QED) is 0.821. The molecule has 0 saturated carbocycles. The number of anilines is 1. The first-order chi connectivity index (χ1) is 8.30. The molecule has 1 rings (SSSR count). The summed E-state index contributed by atoms with van der Waals surface area (Å²) in [5, 5.41) is 0. The zero-order valence-electron chi connectivity index (χ0n) is 9.98. The normalized spacial score (nSPS) is 12.1. The van der Waals surface area contributed by atoms with E-state index in [0.29, 0.717) is 16.8 Å². The molecule has 1 aromatic rings. The molecule has 0 aliphatic rings. The van der Waals surface area contributed by atoms with Crippen LogP contribution in [-0.4, -0.2) is 38.3 Å². The molecular formula is C10H14BrFN2O2S2. The molecule has 1 aromatic carbocycles. The van der Waals surface area contributed by atoms with E-state index in [-0.39, 0.29) is 5.69 Å². The Balaban J connectivity index is 3.16. The van der Waals surface area contributed by atoms with E-state index in [0.717, 1.165) is 16.4 Å². The Morgan fingerprint density at radius 1 is 1.50 bits per heavy atom. The summed E-state index contributed by atoms with van der Waals surface area (Å²) in [5.41, 5.74) is 5.77. The highest BCUT2D eigenvalue weighted by Crippen LogP contribution is 2.27. The lowest BCUT2D eigenvalue weighted by molar-refractivity contribution is 0.480. The predicted octanol–water partition coefficient (Wildman–Crippen LogP) is 2.15. The predicted molar refractivity (Wildman–Crippen MR) is 76.7 cm³/mol. The molecule has 0 aromatic heterocycles. The molecule has 0 amide bonds. The van der Waals surface area contributed by atoms with E-state index in [1.165, 1.54) is 18.8 Å². The van der Waals surface area contributed by atoms with E-state index >= 15 is 0 Å². The van der Waals surface area contributed by atoms with Crippen molar-refractivity contribution in [2.24, 2.45) is 0 Å². The van der Waals surface area contributed by atoms with Crippen molar-refractivity contribution in [2.75, 3.05) is 31.3 Å². The molecule has 0 aliphatic carbocycles. The fraction of sp³-hybridized carbons (Fsp3) is 0.400. The summed E-state index contributed by atoms with van der Waals surface area (Å²) in [6.07, 6.45) is 1.87. The van der Waals surface area contributed by atoms with Gasteiger partial charge in [0.1, 0.15) is 10.7 Å². The molecule has 0 aliphatic heterocycles. The zero-order chi connectivity index (χ0) is 13.9. The van der Waals surface area contributed by atoms with Gasteiger partial charge in [-0.1, -0.05) is 0 Å². The first-order valence-electron chi connectivity index (χ1n) is 5.00. The summed E-state index contributed by atoms with van der Waals surface area (Å²) in [6, 6.07) is 2.19. The molecule has 0 atom stereocenters. The van der Waals surface area contributed by atoms with Gasteiger partial charge in [-0.25, -0.2) is 17.1 Å². The number of nitrogen functional groups attached to an aromatic ring is 1. The highest BCUT2D eigenvalue weighted by atomic mass is 79.9. The number of nitrogens with two attached hydrogens (primary N) is 1. The maximum Gasteiger partial charge on any atom is 0.245 e. The number of hydrogen-bond donors (Lipinski definition) is 1. The summed E-state index contributed by atoms with van der Waals surface area (Å²) in [6.45, 7) is 0.318. The highest BCUT2D eigenvalue weighted by Gasteiger charge is 2.25. The number of sulfonamides is 1. The van der Waals surface area contributed by atoms with Gasteiger partial charge in [-0.05, 0) is 34.3 Å². The lowest BCUT2D eigenvalue weighted by atomic mass is 10.3. The van der Waals surface area contributed by atoms with Gasteiger partial charge in [0, 0.05) is 29.5 Å². The van der Waals surface area contributed by atoms with Gasteiger partial charge in [-0.2, -0.15) is 11.8 Å². The van der Waals surface area contributed by atoms with Crippen molar-refractivity contribution in [1.29, 1.82) is 0 Å². The van der Waals surface area contributed by atoms with Gasteiger partial charge in [-0.3, -0.25) is 0 Å². The number of nitrogens with zero attached hydrogens (tertiary/aromatic N) is 1. The molecule has 0 fully saturated rings. The Morgan fingerprint density at radius 3 is 2.67 bits per heavy atom. The van der Waals surface area contributed by atoms with Crippen LogP contribution in [0.4, 0.5) is 10.1 Å². The second kappa shape index (κ2) is 6.23. The van der Waals surface area contributed by atoms with Gasteiger partial charge < -0.3 is 5.73 Å². The summed E-state index contributed by atoms with van der Waals surface area (Å²) >= 11 is 4.57. The molecule has 0 spiro atoms. The van der Waals surface area contributed by atoms with Gasteiger partial charge in [0.2, 0.25) is 10.0 Å². The van der Waals surface area contributed by atoms with Crippen LogP contribution in [0.5, 0.6) is 0 Å². The zero-order valence-corrected chi connectivity index (χ0v) is 13.2. The summed E-state index contributed by atoms with van der Waals surface area (Å²) < 4.78 is 39.4. The Labute approximate surface area is 119 Å². The van der Waals surface area contributed by atoms with Crippen LogP contribution in [0.15, 0.2) is 21.5 Å². The summed E-state index contributed by atoms with van der Waals surface area (Å²) in [4.78, 5) is -0.396. The highest BCUT2D eigenvalue weighted by molar-refractivity contribution is 9.10. The lowest BCUT2D eigenvalue weighted by Gasteiger charge is -2.17. The van der Waals surface area contributed by atoms with Gasteiger partial charge in [-0.15, -0.1) is 0 Å². The number of benzene rings is 1. The van der Waals surface area contributed by atoms with E-state index in [1.807, 2.05) is 6.26 Å². The van der Waals surface area contributed by atoms with Gasteiger partial charge in [0.25, 0.3) is 0 Å². The molecule has 8 heteroatoms. The monoisotopic (exact) mass is 356 g/mol. The molecule has 0 bridgehead atoms. The third-order valence-electron chi connectivity index (χ3n) is 2.35. The minimum Gasteiger partial charge on any atom is -0.398 e. The lowest BCUT2D eigenvalue weighted by Crippen LogP contribution is -2.29. The average Bonchev–Trinajstić information content (AvgIpc) is 2.30. The second-order valence-corrected chi connectivity index (χ2v) is 7.48. The van der Waals surface area contributed by atoms with Crippen LogP contribution in [0.25, 0.3) is 0 Å². The van der Waals surface area contributed by atoms with Crippen LogP contribution in [-0.2, 0) is 10.0 Å². The van der Waals surface area contributed by atoms with E-state index in [4.69, 9.17) is 5.73 Å². The number of halogens is 2. The van der Waals surface area contributed by atoms with Crippen molar-refractivity contribution in [3.8, 4) is 0 Å². The molecule has 4 nitrogen and oxygen atoms in total. The molecule has 2 N–H and O–H groups in total. The largest absolute Gasteiger partial charge is 0.398 e. The summed E-state index contributed by atoms with van der Waals surface area (Å²) in [5.74, 6) is -0.171. The van der Waals surface area contributed by atoms with Crippen LogP contribution in [0.1, 0.15) is 0 Å². The van der Waals surface area contributed by atoms with Crippen LogP contribution in [0, 0.1) is 5.82 Å². The van der Waals surface area contributed by atoms with Crippen molar-refractivity contribution in [3.05, 3.63) is 22.4 Å². The molecule has 0 saturated heterocycles. The number of thioether (sulfide) groups is 1. The van der Waals surface area contributed by atoms with Gasteiger partial charge >= 0.3 is 0 Å². The third-order valence-corrected chi connectivity index (χ3v) is 5.50. The molecule has 0 heterocycles. The maximum atomic E-state index is 13.7. The molecular weight excluding hydrogens is 343 g/mol. The van der Waals surface area contributed by atoms with Crippen molar-refractivity contribution < 1.29 is 12.8 Å². The second-order valence-electron chi connectivity index (χ2n) is 3.62. The molecule has 102 valence electrons. The van der Waals surface area contributed by atoms with E-state index < -0.39 is 20.7 Å². The van der Waals surface area contributed by atoms with Crippen molar-refractivity contribution in [1.82, 2.24) is 4.31 Å². The SMILES string of the molecule is CSCCN(C)S(=O)(=O)c1cc(N)c(Br)cc1F. The summed E-state index contributed by atoms with van der Waals surface area (Å²) in [7, 11) is -2.42. The Hall–Kier alpha value is -0.310. The van der Waals surface area contributed by atoms with Crippen LogP contribution >= 0.6 is 27.7 Å². The minimum absolute atomic E-state index is 0.188.